The number of amidine groups is 1. The summed E-state index contributed by atoms with van der Waals surface area (Å²) < 4.78 is 65.8. The maximum Gasteiger partial charge on any atom is 0.573 e. The van der Waals surface area contributed by atoms with Crippen LogP contribution in [0, 0.1) is 5.92 Å². The number of aliphatic imine (C=N–C) groups is 1. The van der Waals surface area contributed by atoms with E-state index in [0.717, 1.165) is 55.8 Å². The van der Waals surface area contributed by atoms with Crippen LogP contribution >= 0.6 is 8.03 Å². The third-order valence-electron chi connectivity index (χ3n) is 8.83. The molecule has 3 atom stereocenters. The number of ether oxygens (including phenoxy) is 2. The van der Waals surface area contributed by atoms with Crippen LogP contribution in [0.25, 0.3) is 0 Å². The van der Waals surface area contributed by atoms with Crippen LogP contribution in [0.3, 0.4) is 0 Å². The normalized spacial score (nSPS) is 20.4. The van der Waals surface area contributed by atoms with Gasteiger partial charge in [0.05, 0.1) is 18.7 Å². The average molecular weight is 680 g/mol. The van der Waals surface area contributed by atoms with Gasteiger partial charge in [0.1, 0.15) is 23.9 Å². The summed E-state index contributed by atoms with van der Waals surface area (Å²) in [4.78, 5) is 7.19. The first-order chi connectivity index (χ1) is 23.2. The van der Waals surface area contributed by atoms with Crippen molar-refractivity contribution in [1.29, 1.82) is 0 Å². The van der Waals surface area contributed by atoms with Crippen LogP contribution in [0.4, 0.5) is 13.2 Å². The van der Waals surface area contributed by atoms with Gasteiger partial charge in [-0.05, 0) is 85.7 Å². The molecule has 3 unspecified atom stereocenters. The molecule has 1 N–H and O–H groups in total. The van der Waals surface area contributed by atoms with Crippen LogP contribution in [-0.2, 0) is 28.3 Å². The lowest BCUT2D eigenvalue weighted by atomic mass is 9.89. The van der Waals surface area contributed by atoms with Gasteiger partial charge in [0.25, 0.3) is 0 Å². The summed E-state index contributed by atoms with van der Waals surface area (Å²) in [6.07, 6.45) is 5.23. The Kier molecular flexibility index (Phi) is 11.0. The Labute approximate surface area is 280 Å². The first-order valence-electron chi connectivity index (χ1n) is 16.5. The molecule has 7 nitrogen and oxygen atoms in total. The number of nitrogens with one attached hydrogen (secondary N) is 1. The molecule has 1 aliphatic carbocycles. The van der Waals surface area contributed by atoms with E-state index in [1.54, 1.807) is 6.07 Å². The molecule has 1 fully saturated rings. The van der Waals surface area contributed by atoms with E-state index in [0.29, 0.717) is 36.7 Å². The van der Waals surface area contributed by atoms with Gasteiger partial charge < -0.3 is 19.3 Å². The van der Waals surface area contributed by atoms with Crippen molar-refractivity contribution >= 4 is 13.9 Å². The minimum Gasteiger partial charge on any atom is -0.489 e. The summed E-state index contributed by atoms with van der Waals surface area (Å²) in [5.74, 6) is 1.77. The summed E-state index contributed by atoms with van der Waals surface area (Å²) in [5.41, 5.74) is 5.02. The minimum absolute atomic E-state index is 0.0382. The molecule has 0 bridgehead atoms. The second-order valence-electron chi connectivity index (χ2n) is 12.4. The number of hydrogen-bond donors (Lipinski definition) is 1. The van der Waals surface area contributed by atoms with Crippen molar-refractivity contribution in [3.05, 3.63) is 119 Å². The van der Waals surface area contributed by atoms with Gasteiger partial charge in [0, 0.05) is 18.3 Å². The maximum absolute atomic E-state index is 12.7. The Morgan fingerprint density at radius 2 is 1.79 bits per heavy atom. The highest BCUT2D eigenvalue weighted by molar-refractivity contribution is 7.38. The fraction of sp³-hybridized carbons (Fsp3) is 0.378. The summed E-state index contributed by atoms with van der Waals surface area (Å²) in [5, 5.41) is 3.38. The number of para-hydroxylation sites is 1. The van der Waals surface area contributed by atoms with E-state index in [1.807, 2.05) is 43.3 Å². The zero-order chi connectivity index (χ0) is 33.5. The lowest BCUT2D eigenvalue weighted by molar-refractivity contribution is -0.274. The van der Waals surface area contributed by atoms with Crippen LogP contribution in [0.15, 0.2) is 102 Å². The Bertz CT molecular complexity index is 1680. The SMILES string of the molecule is CCO[PH](=O)Cc1cccc(COc2ccccc2CC2CCN(CC3=CC4NC(c5cccc(OC(F)(F)F)c5)=NC4C=C3)CC2)c1. The molecule has 0 radical (unpaired) electrons. The van der Waals surface area contributed by atoms with Crippen molar-refractivity contribution in [1.82, 2.24) is 10.2 Å². The molecule has 48 heavy (non-hydrogen) atoms. The molecule has 0 spiro atoms. The van der Waals surface area contributed by atoms with Gasteiger partial charge >= 0.3 is 6.36 Å². The van der Waals surface area contributed by atoms with E-state index in [9.17, 15) is 17.7 Å². The Hall–Kier alpha value is -3.85. The monoisotopic (exact) mass is 679 g/mol. The van der Waals surface area contributed by atoms with Crippen molar-refractivity contribution in [2.24, 2.45) is 10.9 Å². The first-order valence-corrected chi connectivity index (χ1v) is 18.0. The number of likely N-dealkylation sites (tertiary alicyclic amines) is 1. The van der Waals surface area contributed by atoms with Gasteiger partial charge in [-0.1, -0.05) is 72.8 Å². The van der Waals surface area contributed by atoms with Crippen molar-refractivity contribution in [2.75, 3.05) is 26.2 Å². The smallest absolute Gasteiger partial charge is 0.489 e. The Morgan fingerprint density at radius 1 is 1.00 bits per heavy atom. The van der Waals surface area contributed by atoms with E-state index in [-0.39, 0.29) is 17.8 Å². The van der Waals surface area contributed by atoms with Crippen molar-refractivity contribution in [3.63, 3.8) is 0 Å². The maximum atomic E-state index is 12.7. The third kappa shape index (κ3) is 9.40. The molecule has 1 saturated heterocycles. The zero-order valence-electron chi connectivity index (χ0n) is 26.9. The van der Waals surface area contributed by atoms with E-state index in [4.69, 9.17) is 14.3 Å². The molecule has 0 aromatic heterocycles. The standard InChI is InChI=1S/C37H41F3N3O4P/c1-2-46-48(44)25-29-8-5-7-28(19-29)24-45-35-12-4-3-9-30(35)20-26-15-17-43(18-16-26)23-27-13-14-33-34(21-27)42-36(41-33)31-10-6-11-32(22-31)47-37(38,39)40/h3-14,19,21-22,26,33-34,48H,2,15-18,20,23-25H2,1H3,(H,41,42). The fourth-order valence-electron chi connectivity index (χ4n) is 6.53. The molecule has 3 aromatic rings. The number of piperidine rings is 1. The molecular formula is C37H41F3N3O4P. The summed E-state index contributed by atoms with van der Waals surface area (Å²) in [6, 6.07) is 22.1. The van der Waals surface area contributed by atoms with Gasteiger partial charge in [0.15, 0.2) is 8.03 Å². The number of nitrogens with zero attached hydrogens (tertiary/aromatic N) is 2. The first kappa shape index (κ1) is 34.0. The van der Waals surface area contributed by atoms with Crippen molar-refractivity contribution in [2.45, 2.75) is 57.4 Å². The van der Waals surface area contributed by atoms with Crippen LogP contribution in [0.1, 0.15) is 42.0 Å². The number of halogens is 3. The zero-order valence-corrected chi connectivity index (χ0v) is 27.9. The molecule has 0 amide bonds. The Balaban J connectivity index is 0.977. The van der Waals surface area contributed by atoms with Gasteiger partial charge in [-0.25, -0.2) is 0 Å². The average Bonchev–Trinajstić information content (AvgIpc) is 3.49. The van der Waals surface area contributed by atoms with Crippen molar-refractivity contribution < 1.29 is 31.7 Å². The van der Waals surface area contributed by atoms with Crippen LogP contribution in [0.5, 0.6) is 11.5 Å². The topological polar surface area (TPSA) is 72.4 Å². The van der Waals surface area contributed by atoms with Crippen molar-refractivity contribution in [3.8, 4) is 11.5 Å². The number of rotatable bonds is 13. The largest absolute Gasteiger partial charge is 0.573 e. The molecule has 3 aliphatic rings. The molecule has 254 valence electrons. The fourth-order valence-corrected chi connectivity index (χ4v) is 7.50. The minimum atomic E-state index is -4.74. The third-order valence-corrected chi connectivity index (χ3v) is 10.1. The van der Waals surface area contributed by atoms with Gasteiger partial charge in [-0.2, -0.15) is 0 Å². The predicted octanol–water partition coefficient (Wildman–Crippen LogP) is 7.71. The summed E-state index contributed by atoms with van der Waals surface area (Å²) in [7, 11) is -2.07. The van der Waals surface area contributed by atoms with Crippen LogP contribution in [0.2, 0.25) is 0 Å². The molecular weight excluding hydrogens is 638 g/mol. The van der Waals surface area contributed by atoms with E-state index in [2.05, 4.69) is 45.3 Å². The highest BCUT2D eigenvalue weighted by Crippen LogP contribution is 2.31. The van der Waals surface area contributed by atoms with E-state index in [1.165, 1.54) is 29.3 Å². The summed E-state index contributed by atoms with van der Waals surface area (Å²) in [6.45, 7) is 5.61. The van der Waals surface area contributed by atoms with Gasteiger partial charge in [0.2, 0.25) is 0 Å². The lowest BCUT2D eigenvalue weighted by Gasteiger charge is -2.33. The quantitative estimate of drug-likeness (QED) is 0.187. The number of benzene rings is 3. The second-order valence-corrected chi connectivity index (χ2v) is 13.8. The number of fused-ring (bicyclic) bond motifs is 1. The van der Waals surface area contributed by atoms with Crippen LogP contribution in [-0.4, -0.2) is 55.4 Å². The van der Waals surface area contributed by atoms with E-state index < -0.39 is 14.4 Å². The van der Waals surface area contributed by atoms with E-state index >= 15 is 0 Å². The second kappa shape index (κ2) is 15.6. The molecule has 11 heteroatoms. The number of alkyl halides is 3. The number of hydrogen-bond acceptors (Lipinski definition) is 7. The highest BCUT2D eigenvalue weighted by atomic mass is 31.1. The van der Waals surface area contributed by atoms with Crippen LogP contribution < -0.4 is 14.8 Å². The highest BCUT2D eigenvalue weighted by Gasteiger charge is 2.32. The Morgan fingerprint density at radius 3 is 2.60 bits per heavy atom. The lowest BCUT2D eigenvalue weighted by Crippen LogP contribution is -2.38. The molecule has 2 heterocycles. The van der Waals surface area contributed by atoms with Gasteiger partial charge in [-0.3, -0.25) is 14.5 Å². The molecule has 3 aromatic carbocycles. The van der Waals surface area contributed by atoms with Gasteiger partial charge in [-0.15, -0.1) is 13.2 Å². The molecule has 2 aliphatic heterocycles. The molecule has 0 saturated carbocycles. The predicted molar refractivity (Wildman–Crippen MR) is 182 cm³/mol. The molecule has 6 rings (SSSR count). The summed E-state index contributed by atoms with van der Waals surface area (Å²) >= 11 is 0.